The predicted molar refractivity (Wildman–Crippen MR) is 108 cm³/mol. The molecule has 1 heterocycles. The number of amides is 1. The molecule has 4 fully saturated rings. The summed E-state index contributed by atoms with van der Waals surface area (Å²) >= 11 is 0. The van der Waals surface area contributed by atoms with Crippen molar-refractivity contribution in [2.75, 3.05) is 0 Å². The summed E-state index contributed by atoms with van der Waals surface area (Å²) in [7, 11) is 0. The summed E-state index contributed by atoms with van der Waals surface area (Å²) in [5.41, 5.74) is 0.375. The Balaban J connectivity index is 1.30. The number of carboxylic acid groups (broad SMARTS) is 1. The van der Waals surface area contributed by atoms with Crippen molar-refractivity contribution < 1.29 is 19.4 Å². The number of aliphatic carboxylic acids is 1. The Labute approximate surface area is 170 Å². The van der Waals surface area contributed by atoms with Crippen LogP contribution in [0.3, 0.4) is 0 Å². The monoisotopic (exact) mass is 396 g/mol. The van der Waals surface area contributed by atoms with Crippen molar-refractivity contribution in [2.45, 2.75) is 57.1 Å². The fourth-order valence-corrected chi connectivity index (χ4v) is 6.28. The van der Waals surface area contributed by atoms with Gasteiger partial charge in [0.2, 0.25) is 0 Å². The van der Waals surface area contributed by atoms with Crippen LogP contribution in [-0.2, 0) is 16.0 Å². The van der Waals surface area contributed by atoms with E-state index in [1.54, 1.807) is 6.92 Å². The van der Waals surface area contributed by atoms with Crippen LogP contribution in [0.15, 0.2) is 30.5 Å². The Bertz CT molecular complexity index is 923. The molecule has 2 aromatic rings. The molecule has 4 saturated carbocycles. The molecule has 0 unspecified atom stereocenters. The van der Waals surface area contributed by atoms with Gasteiger partial charge in [0.25, 0.3) is 0 Å². The first-order valence-corrected chi connectivity index (χ1v) is 10.7. The van der Waals surface area contributed by atoms with Gasteiger partial charge in [-0.15, -0.1) is 0 Å². The number of aromatic nitrogens is 1. The third kappa shape index (κ3) is 3.28. The van der Waals surface area contributed by atoms with Gasteiger partial charge in [0, 0.05) is 23.5 Å². The number of benzene rings is 1. The molecular formula is C23H28N2O4. The number of carboxylic acids is 1. The van der Waals surface area contributed by atoms with E-state index in [1.807, 2.05) is 30.5 Å². The van der Waals surface area contributed by atoms with Gasteiger partial charge in [-0.1, -0.05) is 18.2 Å². The molecule has 3 N–H and O–H groups in total. The predicted octanol–water partition coefficient (Wildman–Crippen LogP) is 4.10. The third-order valence-corrected chi connectivity index (χ3v) is 7.45. The van der Waals surface area contributed by atoms with Gasteiger partial charge in [0.05, 0.1) is 0 Å². The van der Waals surface area contributed by atoms with Crippen LogP contribution in [0.5, 0.6) is 0 Å². The zero-order valence-electron chi connectivity index (χ0n) is 16.7. The maximum absolute atomic E-state index is 12.7. The van der Waals surface area contributed by atoms with Crippen LogP contribution in [0.4, 0.5) is 4.79 Å². The molecule has 6 heteroatoms. The van der Waals surface area contributed by atoms with Gasteiger partial charge in [-0.2, -0.15) is 0 Å². The van der Waals surface area contributed by atoms with Crippen molar-refractivity contribution in [3.63, 3.8) is 0 Å². The lowest BCUT2D eigenvalue weighted by Gasteiger charge is -2.53. The number of alkyl carbamates (subject to hydrolysis) is 1. The van der Waals surface area contributed by atoms with Gasteiger partial charge in [-0.05, 0) is 74.3 Å². The average molecular weight is 396 g/mol. The van der Waals surface area contributed by atoms with Gasteiger partial charge in [-0.3, -0.25) is 0 Å². The van der Waals surface area contributed by atoms with E-state index in [9.17, 15) is 14.7 Å². The van der Waals surface area contributed by atoms with E-state index in [2.05, 4.69) is 10.3 Å². The Hall–Kier alpha value is -2.50. The number of fused-ring (bicyclic) bond motifs is 1. The van der Waals surface area contributed by atoms with E-state index in [0.29, 0.717) is 11.8 Å². The molecule has 0 aliphatic heterocycles. The molecule has 6 nitrogen and oxygen atoms in total. The minimum absolute atomic E-state index is 0.0612. The molecule has 1 atom stereocenters. The highest BCUT2D eigenvalue weighted by molar-refractivity contribution is 5.87. The lowest BCUT2D eigenvalue weighted by Crippen LogP contribution is -2.56. The number of carbonyl (C=O) groups excluding carboxylic acids is 1. The summed E-state index contributed by atoms with van der Waals surface area (Å²) in [4.78, 5) is 28.0. The van der Waals surface area contributed by atoms with Gasteiger partial charge >= 0.3 is 12.1 Å². The molecule has 0 radical (unpaired) electrons. The number of aromatic amines is 1. The van der Waals surface area contributed by atoms with Crippen molar-refractivity contribution in [1.29, 1.82) is 0 Å². The minimum atomic E-state index is -1.44. The maximum Gasteiger partial charge on any atom is 0.408 e. The summed E-state index contributed by atoms with van der Waals surface area (Å²) in [5, 5.41) is 13.5. The Morgan fingerprint density at radius 3 is 2.45 bits per heavy atom. The number of H-pyrrole nitrogens is 1. The first-order valence-electron chi connectivity index (χ1n) is 10.7. The summed E-state index contributed by atoms with van der Waals surface area (Å²) in [6.07, 6.45) is 7.27. The lowest BCUT2D eigenvalue weighted by molar-refractivity contribution is -0.144. The number of ether oxygens (including phenoxy) is 1. The van der Waals surface area contributed by atoms with E-state index in [-0.39, 0.29) is 12.5 Å². The Kier molecular flexibility index (Phi) is 4.33. The number of para-hydroxylation sites is 1. The summed E-state index contributed by atoms with van der Waals surface area (Å²) in [5.74, 6) is 1.42. The SMILES string of the molecule is C[C@@](Cc1c[nH]c2ccccc12)(NC(=O)OC1C2CC3CC(C2)CC1C3)C(=O)O. The molecule has 1 amide bonds. The van der Waals surface area contributed by atoms with Gasteiger partial charge in [0.15, 0.2) is 0 Å². The van der Waals surface area contributed by atoms with E-state index in [1.165, 1.54) is 6.42 Å². The van der Waals surface area contributed by atoms with Crippen LogP contribution in [-0.4, -0.2) is 33.8 Å². The normalized spacial score (nSPS) is 32.1. The third-order valence-electron chi connectivity index (χ3n) is 7.45. The van der Waals surface area contributed by atoms with Crippen molar-refractivity contribution in [3.8, 4) is 0 Å². The molecule has 29 heavy (non-hydrogen) atoms. The highest BCUT2D eigenvalue weighted by atomic mass is 16.6. The quantitative estimate of drug-likeness (QED) is 0.709. The number of rotatable bonds is 5. The van der Waals surface area contributed by atoms with E-state index < -0.39 is 17.6 Å². The second-order valence-electron chi connectivity index (χ2n) is 9.60. The van der Waals surface area contributed by atoms with Crippen LogP contribution in [0, 0.1) is 23.7 Å². The fourth-order valence-electron chi connectivity index (χ4n) is 6.28. The van der Waals surface area contributed by atoms with Gasteiger partial charge in [0.1, 0.15) is 11.6 Å². The fraction of sp³-hybridized carbons (Fsp3) is 0.565. The standard InChI is InChI=1S/C23H28N2O4/c1-23(21(26)27,11-17-12-24-19-5-3-2-4-18(17)19)25-22(28)29-20-15-7-13-6-14(9-15)10-16(20)8-13/h2-5,12-16,20,24H,6-11H2,1H3,(H,25,28)(H,26,27)/t13?,14?,15?,16?,20?,23-/m0/s1. The molecule has 4 bridgehead atoms. The molecule has 1 aromatic carbocycles. The molecule has 6 rings (SSSR count). The molecule has 0 spiro atoms. The molecule has 1 aromatic heterocycles. The second kappa shape index (κ2) is 6.78. The molecule has 0 saturated heterocycles. The molecular weight excluding hydrogens is 368 g/mol. The Morgan fingerprint density at radius 2 is 1.79 bits per heavy atom. The Morgan fingerprint density at radius 1 is 1.14 bits per heavy atom. The van der Waals surface area contributed by atoms with E-state index in [4.69, 9.17) is 4.74 Å². The number of hydrogen-bond donors (Lipinski definition) is 3. The van der Waals surface area contributed by atoms with Crippen LogP contribution in [0.1, 0.15) is 44.6 Å². The lowest BCUT2D eigenvalue weighted by atomic mass is 9.55. The van der Waals surface area contributed by atoms with Crippen molar-refractivity contribution in [3.05, 3.63) is 36.0 Å². The topological polar surface area (TPSA) is 91.4 Å². The number of nitrogens with one attached hydrogen (secondary N) is 2. The highest BCUT2D eigenvalue weighted by Gasteiger charge is 2.50. The maximum atomic E-state index is 12.7. The summed E-state index contributed by atoms with van der Waals surface area (Å²) in [6.45, 7) is 1.55. The summed E-state index contributed by atoms with van der Waals surface area (Å²) < 4.78 is 5.86. The first kappa shape index (κ1) is 18.5. The minimum Gasteiger partial charge on any atom is -0.480 e. The van der Waals surface area contributed by atoms with Crippen LogP contribution in [0.25, 0.3) is 10.9 Å². The molecule has 154 valence electrons. The summed E-state index contributed by atoms with van der Waals surface area (Å²) in [6, 6.07) is 7.76. The highest BCUT2D eigenvalue weighted by Crippen LogP contribution is 2.54. The zero-order chi connectivity index (χ0) is 20.2. The zero-order valence-corrected chi connectivity index (χ0v) is 16.7. The van der Waals surface area contributed by atoms with Crippen LogP contribution in [0.2, 0.25) is 0 Å². The van der Waals surface area contributed by atoms with Gasteiger partial charge in [-0.25, -0.2) is 9.59 Å². The largest absolute Gasteiger partial charge is 0.480 e. The van der Waals surface area contributed by atoms with Crippen LogP contribution < -0.4 is 5.32 Å². The van der Waals surface area contributed by atoms with Gasteiger partial charge < -0.3 is 20.1 Å². The number of carbonyl (C=O) groups is 2. The molecule has 4 aliphatic carbocycles. The number of hydrogen-bond acceptors (Lipinski definition) is 3. The van der Waals surface area contributed by atoms with Crippen molar-refractivity contribution in [1.82, 2.24) is 10.3 Å². The van der Waals surface area contributed by atoms with Crippen molar-refractivity contribution in [2.24, 2.45) is 23.7 Å². The second-order valence-corrected chi connectivity index (χ2v) is 9.60. The molecule has 4 aliphatic rings. The first-order chi connectivity index (χ1) is 13.9. The van der Waals surface area contributed by atoms with E-state index >= 15 is 0 Å². The van der Waals surface area contributed by atoms with E-state index in [0.717, 1.165) is 54.0 Å². The van der Waals surface area contributed by atoms with Crippen LogP contribution >= 0.6 is 0 Å². The van der Waals surface area contributed by atoms with Crippen molar-refractivity contribution >= 4 is 23.0 Å². The smallest absolute Gasteiger partial charge is 0.408 e. The average Bonchev–Trinajstić information content (AvgIpc) is 3.07.